The van der Waals surface area contributed by atoms with E-state index < -0.39 is 5.60 Å². The largest absolute Gasteiger partial charge is 0.387 e. The number of aliphatic hydroxyl groups is 1. The summed E-state index contributed by atoms with van der Waals surface area (Å²) < 4.78 is 0. The van der Waals surface area contributed by atoms with Crippen molar-refractivity contribution in [3.8, 4) is 0 Å². The van der Waals surface area contributed by atoms with Crippen LogP contribution in [0.3, 0.4) is 0 Å². The highest BCUT2D eigenvalue weighted by molar-refractivity contribution is 5.77. The van der Waals surface area contributed by atoms with E-state index in [9.17, 15) is 9.90 Å². The van der Waals surface area contributed by atoms with E-state index in [1.807, 2.05) is 37.1 Å². The van der Waals surface area contributed by atoms with E-state index in [1.165, 1.54) is 5.56 Å². The van der Waals surface area contributed by atoms with Crippen LogP contribution in [0.1, 0.15) is 18.9 Å². The highest BCUT2D eigenvalue weighted by Gasteiger charge is 2.36. The summed E-state index contributed by atoms with van der Waals surface area (Å²) in [5, 5.41) is 13.5. The van der Waals surface area contributed by atoms with Gasteiger partial charge in [0.25, 0.3) is 0 Å². The number of nitrogens with zero attached hydrogens (tertiary/aromatic N) is 2. The summed E-state index contributed by atoms with van der Waals surface area (Å²) in [4.78, 5) is 15.8. The maximum absolute atomic E-state index is 11.6. The normalized spacial score (nSPS) is 22.2. The SMILES string of the molecule is CCNC(=O)CN(C)CC1(O)CCN(Cc2ccccc2)C1. The van der Waals surface area contributed by atoms with Gasteiger partial charge in [-0.1, -0.05) is 30.3 Å². The Labute approximate surface area is 132 Å². The van der Waals surface area contributed by atoms with Crippen molar-refractivity contribution in [2.24, 2.45) is 0 Å². The van der Waals surface area contributed by atoms with Crippen LogP contribution in [0.4, 0.5) is 0 Å². The number of likely N-dealkylation sites (N-methyl/N-ethyl adjacent to an activating group) is 2. The van der Waals surface area contributed by atoms with Crippen molar-refractivity contribution < 1.29 is 9.90 Å². The predicted molar refractivity (Wildman–Crippen MR) is 87.5 cm³/mol. The van der Waals surface area contributed by atoms with Crippen LogP contribution in [0.25, 0.3) is 0 Å². The molecule has 0 aromatic heterocycles. The van der Waals surface area contributed by atoms with Crippen LogP contribution in [-0.2, 0) is 11.3 Å². The van der Waals surface area contributed by atoms with Gasteiger partial charge in [0.05, 0.1) is 12.1 Å². The fraction of sp³-hybridized carbons (Fsp3) is 0.588. The number of carbonyl (C=O) groups is 1. The molecule has 1 unspecified atom stereocenters. The fourth-order valence-corrected chi connectivity index (χ4v) is 3.10. The first-order chi connectivity index (χ1) is 10.5. The molecule has 1 fully saturated rings. The molecule has 0 spiro atoms. The third kappa shape index (κ3) is 5.09. The number of β-amino-alcohol motifs (C(OH)–C–C–N with tert-alkyl or cyclic N) is 1. The van der Waals surface area contributed by atoms with Crippen molar-refractivity contribution in [3.05, 3.63) is 35.9 Å². The van der Waals surface area contributed by atoms with Gasteiger partial charge in [-0.2, -0.15) is 0 Å². The van der Waals surface area contributed by atoms with Crippen molar-refractivity contribution in [3.63, 3.8) is 0 Å². The van der Waals surface area contributed by atoms with Gasteiger partial charge in [-0.3, -0.25) is 14.6 Å². The van der Waals surface area contributed by atoms with Gasteiger partial charge in [-0.25, -0.2) is 0 Å². The average Bonchev–Trinajstić information content (AvgIpc) is 2.80. The number of benzene rings is 1. The van der Waals surface area contributed by atoms with Crippen molar-refractivity contribution in [2.75, 3.05) is 39.8 Å². The Morgan fingerprint density at radius 2 is 2.14 bits per heavy atom. The summed E-state index contributed by atoms with van der Waals surface area (Å²) in [6.07, 6.45) is 0.750. The molecule has 1 aromatic carbocycles. The molecule has 122 valence electrons. The first-order valence-electron chi connectivity index (χ1n) is 7.95. The maximum atomic E-state index is 11.6. The summed E-state index contributed by atoms with van der Waals surface area (Å²) in [5.74, 6) is 0.00717. The second-order valence-electron chi connectivity index (χ2n) is 6.30. The summed E-state index contributed by atoms with van der Waals surface area (Å²) >= 11 is 0. The molecule has 2 N–H and O–H groups in total. The van der Waals surface area contributed by atoms with Gasteiger partial charge in [0.2, 0.25) is 5.91 Å². The number of amides is 1. The van der Waals surface area contributed by atoms with Crippen LogP contribution >= 0.6 is 0 Å². The summed E-state index contributed by atoms with van der Waals surface area (Å²) in [5.41, 5.74) is 0.540. The first-order valence-corrected chi connectivity index (χ1v) is 7.95. The molecule has 22 heavy (non-hydrogen) atoms. The molecule has 1 heterocycles. The fourth-order valence-electron chi connectivity index (χ4n) is 3.10. The Kier molecular flexibility index (Phi) is 5.94. The Balaban J connectivity index is 1.81. The topological polar surface area (TPSA) is 55.8 Å². The zero-order chi connectivity index (χ0) is 16.0. The summed E-state index contributed by atoms with van der Waals surface area (Å²) in [7, 11) is 1.88. The van der Waals surface area contributed by atoms with Crippen molar-refractivity contribution in [1.29, 1.82) is 0 Å². The predicted octanol–water partition coefficient (Wildman–Crippen LogP) is 0.691. The Bertz CT molecular complexity index is 480. The molecule has 0 bridgehead atoms. The number of carbonyl (C=O) groups excluding carboxylic acids is 1. The minimum absolute atomic E-state index is 0.00717. The second kappa shape index (κ2) is 7.72. The third-order valence-electron chi connectivity index (χ3n) is 4.01. The zero-order valence-electron chi connectivity index (χ0n) is 13.6. The number of hydrogen-bond acceptors (Lipinski definition) is 4. The molecule has 5 heteroatoms. The minimum Gasteiger partial charge on any atom is -0.387 e. The van der Waals surface area contributed by atoms with Crippen molar-refractivity contribution in [1.82, 2.24) is 15.1 Å². The van der Waals surface area contributed by atoms with Crippen LogP contribution < -0.4 is 5.32 Å². The number of likely N-dealkylation sites (tertiary alicyclic amines) is 1. The lowest BCUT2D eigenvalue weighted by Gasteiger charge is -2.28. The summed E-state index contributed by atoms with van der Waals surface area (Å²) in [6, 6.07) is 10.3. The van der Waals surface area contributed by atoms with E-state index in [1.54, 1.807) is 0 Å². The third-order valence-corrected chi connectivity index (χ3v) is 4.01. The molecule has 0 aliphatic carbocycles. The average molecular weight is 305 g/mol. The zero-order valence-corrected chi connectivity index (χ0v) is 13.6. The molecular weight excluding hydrogens is 278 g/mol. The van der Waals surface area contributed by atoms with Gasteiger partial charge in [-0.05, 0) is 26.0 Å². The van der Waals surface area contributed by atoms with Gasteiger partial charge >= 0.3 is 0 Å². The standard InChI is InChI=1S/C17H27N3O2/c1-3-18-16(21)12-19(2)13-17(22)9-10-20(14-17)11-15-7-5-4-6-8-15/h4-8,22H,3,9-14H2,1-2H3,(H,18,21). The molecule has 1 saturated heterocycles. The van der Waals surface area contributed by atoms with E-state index >= 15 is 0 Å². The van der Waals surface area contributed by atoms with E-state index in [0.717, 1.165) is 19.5 Å². The molecule has 5 nitrogen and oxygen atoms in total. The first kappa shape index (κ1) is 16.9. The Hall–Kier alpha value is -1.43. The molecule has 1 aromatic rings. The molecule has 2 rings (SSSR count). The van der Waals surface area contributed by atoms with Gasteiger partial charge in [0.1, 0.15) is 0 Å². The van der Waals surface area contributed by atoms with Gasteiger partial charge < -0.3 is 10.4 Å². The molecule has 1 aliphatic heterocycles. The molecular formula is C17H27N3O2. The van der Waals surface area contributed by atoms with Gasteiger partial charge in [0, 0.05) is 32.7 Å². The molecule has 1 amide bonds. The number of hydrogen-bond donors (Lipinski definition) is 2. The lowest BCUT2D eigenvalue weighted by atomic mass is 10.0. The lowest BCUT2D eigenvalue weighted by Crippen LogP contribution is -2.46. The molecule has 1 atom stereocenters. The van der Waals surface area contributed by atoms with Crippen LogP contribution in [0.15, 0.2) is 30.3 Å². The quantitative estimate of drug-likeness (QED) is 0.778. The summed E-state index contributed by atoms with van der Waals surface area (Å²) in [6.45, 7) is 5.81. The molecule has 0 saturated carbocycles. The van der Waals surface area contributed by atoms with Gasteiger partial charge in [-0.15, -0.1) is 0 Å². The van der Waals surface area contributed by atoms with Gasteiger partial charge in [0.15, 0.2) is 0 Å². The molecule has 1 aliphatic rings. The van der Waals surface area contributed by atoms with Crippen LogP contribution in [0.2, 0.25) is 0 Å². The van der Waals surface area contributed by atoms with E-state index in [4.69, 9.17) is 0 Å². The van der Waals surface area contributed by atoms with Crippen molar-refractivity contribution in [2.45, 2.75) is 25.5 Å². The second-order valence-corrected chi connectivity index (χ2v) is 6.30. The minimum atomic E-state index is -0.726. The van der Waals surface area contributed by atoms with Crippen LogP contribution in [0, 0.1) is 0 Å². The van der Waals surface area contributed by atoms with Crippen molar-refractivity contribution >= 4 is 5.91 Å². The Morgan fingerprint density at radius 1 is 1.41 bits per heavy atom. The lowest BCUT2D eigenvalue weighted by molar-refractivity contribution is -0.122. The number of rotatable bonds is 7. The van der Waals surface area contributed by atoms with Crippen LogP contribution in [-0.4, -0.2) is 66.2 Å². The molecule has 0 radical (unpaired) electrons. The maximum Gasteiger partial charge on any atom is 0.234 e. The highest BCUT2D eigenvalue weighted by atomic mass is 16.3. The number of nitrogens with one attached hydrogen (secondary N) is 1. The Morgan fingerprint density at radius 3 is 2.82 bits per heavy atom. The smallest absolute Gasteiger partial charge is 0.234 e. The monoisotopic (exact) mass is 305 g/mol. The van der Waals surface area contributed by atoms with E-state index in [2.05, 4.69) is 22.3 Å². The van der Waals surface area contributed by atoms with Crippen LogP contribution in [0.5, 0.6) is 0 Å². The van der Waals surface area contributed by atoms with E-state index in [0.29, 0.717) is 26.2 Å². The highest BCUT2D eigenvalue weighted by Crippen LogP contribution is 2.23. The van der Waals surface area contributed by atoms with E-state index in [-0.39, 0.29) is 5.91 Å².